The number of nitrogens with zero attached hydrogens (tertiary/aromatic N) is 2. The van der Waals surface area contributed by atoms with Crippen molar-refractivity contribution in [2.45, 2.75) is 19.8 Å². The third-order valence-electron chi connectivity index (χ3n) is 3.88. The minimum Gasteiger partial charge on any atom is -0.480 e. The number of hydrogen-bond acceptors (Lipinski definition) is 5. The second-order valence-corrected chi connectivity index (χ2v) is 5.98. The maximum Gasteiger partial charge on any atom is 0.235 e. The van der Waals surface area contributed by atoms with Crippen LogP contribution in [0.2, 0.25) is 0 Å². The summed E-state index contributed by atoms with van der Waals surface area (Å²) in [5.74, 6) is 0.151. The maximum absolute atomic E-state index is 12.2. The summed E-state index contributed by atoms with van der Waals surface area (Å²) in [6, 6.07) is 14.5. The third-order valence-corrected chi connectivity index (χ3v) is 3.88. The number of benzene rings is 2. The van der Waals surface area contributed by atoms with E-state index in [1.54, 1.807) is 31.4 Å². The minimum absolute atomic E-state index is 0.140. The monoisotopic (exact) mass is 364 g/mol. The quantitative estimate of drug-likeness (QED) is 0.701. The fourth-order valence-electron chi connectivity index (χ4n) is 2.64. The molecule has 1 heterocycles. The van der Waals surface area contributed by atoms with Crippen LogP contribution in [0, 0.1) is 0 Å². The van der Waals surface area contributed by atoms with Crippen LogP contribution in [0.1, 0.15) is 19.0 Å². The first-order valence-electron chi connectivity index (χ1n) is 8.52. The van der Waals surface area contributed by atoms with E-state index in [9.17, 15) is 9.59 Å². The van der Waals surface area contributed by atoms with E-state index < -0.39 is 0 Å². The van der Waals surface area contributed by atoms with Crippen molar-refractivity contribution in [1.29, 1.82) is 0 Å². The summed E-state index contributed by atoms with van der Waals surface area (Å²) in [4.78, 5) is 32.3. The van der Waals surface area contributed by atoms with Crippen LogP contribution in [0.3, 0.4) is 0 Å². The Hall–Kier alpha value is -3.48. The Morgan fingerprint density at radius 1 is 0.926 bits per heavy atom. The zero-order valence-electron chi connectivity index (χ0n) is 15.2. The Kier molecular flexibility index (Phi) is 5.61. The highest BCUT2D eigenvalue weighted by Crippen LogP contribution is 2.20. The molecule has 1 aromatic heterocycles. The Balaban J connectivity index is 1.63. The molecule has 0 spiro atoms. The van der Waals surface area contributed by atoms with Gasteiger partial charge in [0.2, 0.25) is 17.7 Å². The van der Waals surface area contributed by atoms with Crippen LogP contribution in [0.25, 0.3) is 11.0 Å². The van der Waals surface area contributed by atoms with Gasteiger partial charge in [-0.1, -0.05) is 12.1 Å². The summed E-state index contributed by atoms with van der Waals surface area (Å²) in [5.41, 5.74) is 3.50. The molecule has 0 fully saturated rings. The fraction of sp³-hybridized carbons (Fsp3) is 0.200. The van der Waals surface area contributed by atoms with Crippen molar-refractivity contribution in [3.05, 3.63) is 54.2 Å². The van der Waals surface area contributed by atoms with E-state index in [1.165, 1.54) is 6.92 Å². The molecule has 0 unspecified atom stereocenters. The number of aromatic nitrogens is 2. The van der Waals surface area contributed by atoms with E-state index in [-0.39, 0.29) is 18.2 Å². The number of nitrogens with one attached hydrogen (secondary N) is 2. The van der Waals surface area contributed by atoms with Crippen LogP contribution < -0.4 is 15.4 Å². The molecule has 0 atom stereocenters. The summed E-state index contributed by atoms with van der Waals surface area (Å²) in [7, 11) is 1.54. The van der Waals surface area contributed by atoms with Gasteiger partial charge in [-0.3, -0.25) is 9.59 Å². The highest BCUT2D eigenvalue weighted by molar-refractivity contribution is 5.92. The van der Waals surface area contributed by atoms with Crippen LogP contribution in [-0.4, -0.2) is 28.9 Å². The number of aryl methyl sites for hydroxylation is 1. The molecule has 2 amide bonds. The number of rotatable bonds is 6. The van der Waals surface area contributed by atoms with E-state index >= 15 is 0 Å². The van der Waals surface area contributed by atoms with Gasteiger partial charge in [0.1, 0.15) is 5.69 Å². The van der Waals surface area contributed by atoms with Crippen molar-refractivity contribution in [2.24, 2.45) is 0 Å². The molecule has 0 aliphatic heterocycles. The largest absolute Gasteiger partial charge is 0.480 e. The molecular weight excluding hydrogens is 344 g/mol. The van der Waals surface area contributed by atoms with Gasteiger partial charge < -0.3 is 15.4 Å². The molecule has 7 nitrogen and oxygen atoms in total. The number of carbonyl (C=O) groups is 2. The maximum atomic E-state index is 12.2. The first kappa shape index (κ1) is 18.3. The van der Waals surface area contributed by atoms with Crippen LogP contribution >= 0.6 is 0 Å². The molecule has 0 radical (unpaired) electrons. The predicted molar refractivity (Wildman–Crippen MR) is 104 cm³/mol. The van der Waals surface area contributed by atoms with E-state index in [1.807, 2.05) is 24.3 Å². The molecule has 2 aromatic carbocycles. The zero-order valence-corrected chi connectivity index (χ0v) is 15.2. The highest BCUT2D eigenvalue weighted by Gasteiger charge is 2.12. The van der Waals surface area contributed by atoms with E-state index in [2.05, 4.69) is 20.6 Å². The molecule has 7 heteroatoms. The van der Waals surface area contributed by atoms with E-state index in [0.29, 0.717) is 29.4 Å². The van der Waals surface area contributed by atoms with Gasteiger partial charge in [0.15, 0.2) is 0 Å². The molecular formula is C20H20N4O3. The Morgan fingerprint density at radius 3 is 2.11 bits per heavy atom. The number of ether oxygens (including phenoxy) is 1. The second-order valence-electron chi connectivity index (χ2n) is 5.98. The number of methoxy groups -OCH3 is 1. The summed E-state index contributed by atoms with van der Waals surface area (Å²) < 4.78 is 5.31. The Morgan fingerprint density at radius 2 is 1.52 bits per heavy atom. The standard InChI is InChI=1S/C20H20N4O3/c1-13(25)21-14-7-9-15(10-8-14)22-19(26)12-11-18-20(27-2)24-17-6-4-3-5-16(17)23-18/h3-10H,11-12H2,1-2H3,(H,21,25)(H,22,26). The average Bonchev–Trinajstić information content (AvgIpc) is 2.66. The molecule has 0 bridgehead atoms. The highest BCUT2D eigenvalue weighted by atomic mass is 16.5. The van der Waals surface area contributed by atoms with Crippen LogP contribution in [0.4, 0.5) is 11.4 Å². The van der Waals surface area contributed by atoms with Gasteiger partial charge in [-0.05, 0) is 36.4 Å². The van der Waals surface area contributed by atoms with Crippen molar-refractivity contribution < 1.29 is 14.3 Å². The van der Waals surface area contributed by atoms with Crippen molar-refractivity contribution in [3.8, 4) is 5.88 Å². The van der Waals surface area contributed by atoms with Crippen molar-refractivity contribution in [3.63, 3.8) is 0 Å². The smallest absolute Gasteiger partial charge is 0.235 e. The van der Waals surface area contributed by atoms with Gasteiger partial charge in [0, 0.05) is 31.1 Å². The lowest BCUT2D eigenvalue weighted by atomic mass is 10.2. The van der Waals surface area contributed by atoms with Crippen LogP contribution in [0.5, 0.6) is 5.88 Å². The van der Waals surface area contributed by atoms with Gasteiger partial charge in [-0.2, -0.15) is 0 Å². The number of para-hydroxylation sites is 2. The summed E-state index contributed by atoms with van der Waals surface area (Å²) in [5, 5.41) is 5.51. The molecule has 27 heavy (non-hydrogen) atoms. The Labute approximate surface area is 156 Å². The SMILES string of the molecule is COc1nc2ccccc2nc1CCC(=O)Nc1ccc(NC(C)=O)cc1. The second kappa shape index (κ2) is 8.27. The molecule has 3 aromatic rings. The van der Waals surface area contributed by atoms with Gasteiger partial charge in [0.25, 0.3) is 0 Å². The number of amides is 2. The first-order chi connectivity index (χ1) is 13.0. The normalized spacial score (nSPS) is 10.4. The van der Waals surface area contributed by atoms with Crippen LogP contribution in [0.15, 0.2) is 48.5 Å². The topological polar surface area (TPSA) is 93.2 Å². The molecule has 0 aliphatic rings. The van der Waals surface area contributed by atoms with E-state index in [4.69, 9.17) is 4.74 Å². The zero-order chi connectivity index (χ0) is 19.2. The van der Waals surface area contributed by atoms with Crippen molar-refractivity contribution in [1.82, 2.24) is 9.97 Å². The van der Waals surface area contributed by atoms with Crippen molar-refractivity contribution >= 4 is 34.2 Å². The number of hydrogen-bond donors (Lipinski definition) is 2. The number of carbonyl (C=O) groups excluding carboxylic acids is 2. The average molecular weight is 364 g/mol. The molecule has 0 saturated carbocycles. The summed E-state index contributed by atoms with van der Waals surface area (Å²) in [6.45, 7) is 1.44. The summed E-state index contributed by atoms with van der Waals surface area (Å²) >= 11 is 0. The molecule has 0 saturated heterocycles. The molecule has 0 aliphatic carbocycles. The van der Waals surface area contributed by atoms with E-state index in [0.717, 1.165) is 11.0 Å². The molecule has 138 valence electrons. The van der Waals surface area contributed by atoms with Gasteiger partial charge >= 0.3 is 0 Å². The molecule has 3 rings (SSSR count). The number of anilines is 2. The first-order valence-corrected chi connectivity index (χ1v) is 8.52. The lowest BCUT2D eigenvalue weighted by Gasteiger charge is -2.09. The van der Waals surface area contributed by atoms with Gasteiger partial charge in [-0.25, -0.2) is 9.97 Å². The van der Waals surface area contributed by atoms with Crippen molar-refractivity contribution in [2.75, 3.05) is 17.7 Å². The molecule has 2 N–H and O–H groups in total. The third kappa shape index (κ3) is 4.78. The number of fused-ring (bicyclic) bond motifs is 1. The lowest BCUT2D eigenvalue weighted by molar-refractivity contribution is -0.116. The minimum atomic E-state index is -0.141. The predicted octanol–water partition coefficient (Wildman–Crippen LogP) is 3.17. The Bertz CT molecular complexity index is 971. The van der Waals surface area contributed by atoms with Crippen LogP contribution in [-0.2, 0) is 16.0 Å². The lowest BCUT2D eigenvalue weighted by Crippen LogP contribution is -2.13. The van der Waals surface area contributed by atoms with Gasteiger partial charge in [0.05, 0.1) is 18.1 Å². The summed E-state index contributed by atoms with van der Waals surface area (Å²) in [6.07, 6.45) is 0.660. The van der Waals surface area contributed by atoms with Gasteiger partial charge in [-0.15, -0.1) is 0 Å². The fourth-order valence-corrected chi connectivity index (χ4v) is 2.64.